The van der Waals surface area contributed by atoms with E-state index in [1.54, 1.807) is 37.3 Å². The van der Waals surface area contributed by atoms with E-state index < -0.39 is 28.8 Å². The fraction of sp³-hybridized carbons (Fsp3) is 0.250. The highest BCUT2D eigenvalue weighted by Crippen LogP contribution is 2.47. The van der Waals surface area contributed by atoms with E-state index in [-0.39, 0.29) is 17.3 Å². The van der Waals surface area contributed by atoms with Crippen LogP contribution in [-0.2, 0) is 23.8 Å². The summed E-state index contributed by atoms with van der Waals surface area (Å²) in [4.78, 5) is 23.5. The summed E-state index contributed by atoms with van der Waals surface area (Å²) in [5.41, 5.74) is -1.24. The van der Waals surface area contributed by atoms with Crippen molar-refractivity contribution in [3.05, 3.63) is 51.5 Å². The molecule has 0 saturated carbocycles. The summed E-state index contributed by atoms with van der Waals surface area (Å²) < 4.78 is 54.0. The van der Waals surface area contributed by atoms with Crippen molar-refractivity contribution in [1.82, 2.24) is 0 Å². The predicted octanol–water partition coefficient (Wildman–Crippen LogP) is 3.63. The van der Waals surface area contributed by atoms with Gasteiger partial charge in [0.1, 0.15) is 4.91 Å². The van der Waals surface area contributed by atoms with Gasteiger partial charge in [-0.05, 0) is 18.7 Å². The number of carbonyl (C=O) groups excluding carboxylic acids is 2. The van der Waals surface area contributed by atoms with E-state index in [2.05, 4.69) is 4.74 Å². The average molecular weight is 374 g/mol. The molecule has 5 nitrogen and oxygen atoms in total. The molecule has 9 heteroatoms. The lowest BCUT2D eigenvalue weighted by molar-refractivity contribution is -0.148. The Morgan fingerprint density at radius 3 is 2.36 bits per heavy atom. The minimum absolute atomic E-state index is 0.0349. The second-order valence-electron chi connectivity index (χ2n) is 4.60. The second kappa shape index (κ2) is 7.64. The number of methoxy groups -OCH3 is 1. The molecule has 0 atom stereocenters. The molecule has 1 aromatic rings. The third-order valence-electron chi connectivity index (χ3n) is 2.97. The van der Waals surface area contributed by atoms with Crippen molar-refractivity contribution in [2.24, 2.45) is 0 Å². The van der Waals surface area contributed by atoms with E-state index in [9.17, 15) is 22.8 Å². The van der Waals surface area contributed by atoms with Crippen LogP contribution in [0.1, 0.15) is 12.5 Å². The molecule has 134 valence electrons. The number of hydrogen-bond donors (Lipinski definition) is 0. The molecular weight excluding hydrogens is 361 g/mol. The summed E-state index contributed by atoms with van der Waals surface area (Å²) in [6.45, 7) is 1.60. The number of benzene rings is 1. The quantitative estimate of drug-likeness (QED) is 0.593. The molecule has 2 rings (SSSR count). The Morgan fingerprint density at radius 2 is 1.84 bits per heavy atom. The minimum atomic E-state index is -5.01. The van der Waals surface area contributed by atoms with Gasteiger partial charge < -0.3 is 14.2 Å². The van der Waals surface area contributed by atoms with Crippen LogP contribution in [0.3, 0.4) is 0 Å². The summed E-state index contributed by atoms with van der Waals surface area (Å²) in [5, 5.41) is -0.777. The van der Waals surface area contributed by atoms with Crippen molar-refractivity contribution < 1.29 is 37.0 Å². The van der Waals surface area contributed by atoms with E-state index in [0.717, 1.165) is 7.11 Å². The van der Waals surface area contributed by atoms with Crippen LogP contribution in [0.4, 0.5) is 13.2 Å². The third kappa shape index (κ3) is 4.16. The van der Waals surface area contributed by atoms with Gasteiger partial charge in [-0.1, -0.05) is 30.3 Å². The third-order valence-corrected chi connectivity index (χ3v) is 4.00. The number of alkyl halides is 3. The van der Waals surface area contributed by atoms with Gasteiger partial charge in [-0.25, -0.2) is 9.59 Å². The SMILES string of the molecule is CCOC(=O)C1=C(c2ccccc2)OC(=C(C(=O)OC)C(F)(F)F)S1. The Labute approximate surface area is 145 Å². The van der Waals surface area contributed by atoms with E-state index in [4.69, 9.17) is 9.47 Å². The fourth-order valence-corrected chi connectivity index (χ4v) is 2.93. The molecule has 0 fully saturated rings. The Hall–Kier alpha value is -2.42. The van der Waals surface area contributed by atoms with Crippen LogP contribution in [0.15, 0.2) is 45.9 Å². The molecule has 25 heavy (non-hydrogen) atoms. The first-order chi connectivity index (χ1) is 11.8. The Kier molecular flexibility index (Phi) is 5.78. The molecule has 0 radical (unpaired) electrons. The van der Waals surface area contributed by atoms with Crippen LogP contribution in [0, 0.1) is 0 Å². The van der Waals surface area contributed by atoms with Crippen molar-refractivity contribution in [3.63, 3.8) is 0 Å². The smallest absolute Gasteiger partial charge is 0.427 e. The Balaban J connectivity index is 2.54. The summed E-state index contributed by atoms with van der Waals surface area (Å²) in [6, 6.07) is 8.08. The molecule has 0 bridgehead atoms. The predicted molar refractivity (Wildman–Crippen MR) is 83.8 cm³/mol. The molecule has 1 heterocycles. The van der Waals surface area contributed by atoms with Crippen LogP contribution >= 0.6 is 11.8 Å². The summed E-state index contributed by atoms with van der Waals surface area (Å²) >= 11 is 0.382. The first-order valence-electron chi connectivity index (χ1n) is 7.01. The summed E-state index contributed by atoms with van der Waals surface area (Å²) in [5.74, 6) is -2.55. The van der Waals surface area contributed by atoms with Crippen molar-refractivity contribution in [2.75, 3.05) is 13.7 Å². The number of rotatable bonds is 4. The highest BCUT2D eigenvalue weighted by molar-refractivity contribution is 8.07. The normalized spacial score (nSPS) is 16.4. The van der Waals surface area contributed by atoms with E-state index >= 15 is 0 Å². The summed E-state index contributed by atoms with van der Waals surface area (Å²) in [7, 11) is 0.825. The second-order valence-corrected chi connectivity index (χ2v) is 5.58. The molecule has 0 aromatic heterocycles. The number of ether oxygens (including phenoxy) is 3. The molecular formula is C16H13F3O5S. The van der Waals surface area contributed by atoms with Crippen molar-refractivity contribution in [1.29, 1.82) is 0 Å². The highest BCUT2D eigenvalue weighted by Gasteiger charge is 2.46. The van der Waals surface area contributed by atoms with Gasteiger partial charge in [0.05, 0.1) is 13.7 Å². The maximum Gasteiger partial charge on any atom is 0.427 e. The van der Waals surface area contributed by atoms with Gasteiger partial charge in [0, 0.05) is 5.56 Å². The zero-order valence-electron chi connectivity index (χ0n) is 13.2. The van der Waals surface area contributed by atoms with Gasteiger partial charge in [-0.15, -0.1) is 0 Å². The van der Waals surface area contributed by atoms with Gasteiger partial charge >= 0.3 is 18.1 Å². The van der Waals surface area contributed by atoms with Crippen LogP contribution in [0.5, 0.6) is 0 Å². The van der Waals surface area contributed by atoms with Crippen molar-refractivity contribution in [3.8, 4) is 0 Å². The molecule has 1 aromatic carbocycles. The first-order valence-corrected chi connectivity index (χ1v) is 7.83. The Morgan fingerprint density at radius 1 is 1.20 bits per heavy atom. The van der Waals surface area contributed by atoms with Gasteiger partial charge in [0.25, 0.3) is 0 Å². The van der Waals surface area contributed by atoms with Gasteiger partial charge in [-0.2, -0.15) is 13.2 Å². The standard InChI is InChI=1S/C16H13F3O5S/c1-3-23-14(21)12-11(9-7-5-4-6-8-9)24-15(25-12)10(13(20)22-2)16(17,18)19/h4-8H,3H2,1-2H3. The van der Waals surface area contributed by atoms with Crippen molar-refractivity contribution >= 4 is 29.5 Å². The maximum atomic E-state index is 13.2. The van der Waals surface area contributed by atoms with Crippen LogP contribution in [-0.4, -0.2) is 31.8 Å². The lowest BCUT2D eigenvalue weighted by Gasteiger charge is -2.12. The van der Waals surface area contributed by atoms with Gasteiger partial charge in [-0.3, -0.25) is 0 Å². The first kappa shape index (κ1) is 18.9. The Bertz CT molecular complexity index is 738. The van der Waals surface area contributed by atoms with Crippen LogP contribution in [0.25, 0.3) is 5.76 Å². The molecule has 0 saturated heterocycles. The molecule has 0 aliphatic carbocycles. The summed E-state index contributed by atoms with van der Waals surface area (Å²) in [6.07, 6.45) is -5.01. The number of carbonyl (C=O) groups is 2. The van der Waals surface area contributed by atoms with Crippen LogP contribution in [0.2, 0.25) is 0 Å². The average Bonchev–Trinajstić information content (AvgIpc) is 2.99. The number of esters is 2. The van der Waals surface area contributed by atoms with E-state index in [1.165, 1.54) is 0 Å². The van der Waals surface area contributed by atoms with Gasteiger partial charge in [0.2, 0.25) is 0 Å². The fourth-order valence-electron chi connectivity index (χ4n) is 1.93. The number of thioether (sulfide) groups is 1. The van der Waals surface area contributed by atoms with Crippen molar-refractivity contribution in [2.45, 2.75) is 13.1 Å². The molecule has 0 unspecified atom stereocenters. The number of halogens is 3. The molecule has 0 N–H and O–H groups in total. The van der Waals surface area contributed by atoms with Gasteiger partial charge in [0.15, 0.2) is 16.4 Å². The molecule has 1 aliphatic rings. The minimum Gasteiger partial charge on any atom is -0.465 e. The monoisotopic (exact) mass is 374 g/mol. The zero-order chi connectivity index (χ0) is 18.6. The largest absolute Gasteiger partial charge is 0.465 e. The van der Waals surface area contributed by atoms with Crippen LogP contribution < -0.4 is 0 Å². The number of hydrogen-bond acceptors (Lipinski definition) is 6. The van der Waals surface area contributed by atoms with E-state index in [1.807, 2.05) is 0 Å². The molecule has 1 aliphatic heterocycles. The topological polar surface area (TPSA) is 61.8 Å². The lowest BCUT2D eigenvalue weighted by Crippen LogP contribution is -2.23. The molecule has 0 amide bonds. The highest BCUT2D eigenvalue weighted by atomic mass is 32.2. The van der Waals surface area contributed by atoms with E-state index in [0.29, 0.717) is 17.3 Å². The zero-order valence-corrected chi connectivity index (χ0v) is 14.0. The lowest BCUT2D eigenvalue weighted by atomic mass is 10.2. The molecule has 0 spiro atoms. The maximum absolute atomic E-state index is 13.2.